The topological polar surface area (TPSA) is 55.4 Å². The van der Waals surface area contributed by atoms with E-state index in [1.807, 2.05) is 12.1 Å². The van der Waals surface area contributed by atoms with Gasteiger partial charge in [-0.05, 0) is 23.8 Å². The van der Waals surface area contributed by atoms with Crippen LogP contribution in [0.1, 0.15) is 9.67 Å². The Hall–Kier alpha value is -1.56. The van der Waals surface area contributed by atoms with Crippen LogP contribution in [0.3, 0.4) is 0 Å². The summed E-state index contributed by atoms with van der Waals surface area (Å²) in [4.78, 5) is 24.3. The third-order valence-corrected chi connectivity index (χ3v) is 4.29. The summed E-state index contributed by atoms with van der Waals surface area (Å²) in [6.45, 7) is 0. The van der Waals surface area contributed by atoms with E-state index in [0.717, 1.165) is 10.4 Å². The number of hydrogen-bond acceptors (Lipinski definition) is 4. The van der Waals surface area contributed by atoms with Gasteiger partial charge in [-0.2, -0.15) is 0 Å². The van der Waals surface area contributed by atoms with Crippen LogP contribution in [0.15, 0.2) is 30.3 Å². The molecule has 1 amide bonds. The number of methoxy groups -OCH3 is 1. The zero-order valence-corrected chi connectivity index (χ0v) is 13.3. The van der Waals surface area contributed by atoms with E-state index in [-0.39, 0.29) is 11.8 Å². The first-order chi connectivity index (χ1) is 10.0. The highest BCUT2D eigenvalue weighted by Gasteiger charge is 2.19. The maximum atomic E-state index is 11.8. The molecule has 0 atom stereocenters. The molecule has 1 aromatic heterocycles. The lowest BCUT2D eigenvalue weighted by Crippen LogP contribution is -2.14. The van der Waals surface area contributed by atoms with Crippen molar-refractivity contribution in [2.75, 3.05) is 18.3 Å². The molecule has 1 N–H and O–H groups in total. The highest BCUT2D eigenvalue weighted by Crippen LogP contribution is 2.35. The van der Waals surface area contributed by atoms with E-state index in [1.165, 1.54) is 18.4 Å². The Morgan fingerprint density at radius 2 is 1.95 bits per heavy atom. The Morgan fingerprint density at radius 3 is 2.52 bits per heavy atom. The lowest BCUT2D eigenvalue weighted by Gasteiger charge is -2.02. The molecule has 0 bridgehead atoms. The number of thiophene rings is 1. The Kier molecular flexibility index (Phi) is 5.22. The van der Waals surface area contributed by atoms with Gasteiger partial charge < -0.3 is 10.1 Å². The number of amides is 1. The molecule has 110 valence electrons. The summed E-state index contributed by atoms with van der Waals surface area (Å²) in [5.74, 6) is -1.08. The zero-order valence-electron chi connectivity index (χ0n) is 11.0. The second-order valence-electron chi connectivity index (χ2n) is 4.03. The van der Waals surface area contributed by atoms with Crippen molar-refractivity contribution in [2.24, 2.45) is 0 Å². The number of ether oxygens (including phenoxy) is 1. The second kappa shape index (κ2) is 6.93. The molecule has 2 aromatic rings. The van der Waals surface area contributed by atoms with Crippen molar-refractivity contribution in [3.63, 3.8) is 0 Å². The number of nitrogens with one attached hydrogen (secondary N) is 1. The fraction of sp³-hybridized carbons (Fsp3) is 0.143. The summed E-state index contributed by atoms with van der Waals surface area (Å²) in [6.07, 6.45) is 0. The van der Waals surface area contributed by atoms with E-state index in [1.54, 1.807) is 18.2 Å². The molecule has 2 rings (SSSR count). The summed E-state index contributed by atoms with van der Waals surface area (Å²) in [5.41, 5.74) is 1.28. The molecule has 0 aliphatic carbocycles. The fourth-order valence-corrected chi connectivity index (χ4v) is 2.90. The molecule has 7 heteroatoms. The Bertz CT molecular complexity index is 667. The van der Waals surface area contributed by atoms with Crippen LogP contribution in [0.4, 0.5) is 5.69 Å². The van der Waals surface area contributed by atoms with Crippen LogP contribution in [0, 0.1) is 0 Å². The summed E-state index contributed by atoms with van der Waals surface area (Å²) in [6, 6.07) is 8.90. The first kappa shape index (κ1) is 15.8. The van der Waals surface area contributed by atoms with E-state index < -0.39 is 5.97 Å². The van der Waals surface area contributed by atoms with E-state index in [4.69, 9.17) is 27.9 Å². The van der Waals surface area contributed by atoms with Crippen molar-refractivity contribution in [2.45, 2.75) is 0 Å². The average Bonchev–Trinajstić information content (AvgIpc) is 2.90. The lowest BCUT2D eigenvalue weighted by molar-refractivity contribution is -0.113. The molecular weight excluding hydrogens is 333 g/mol. The van der Waals surface area contributed by atoms with Crippen molar-refractivity contribution in [1.82, 2.24) is 0 Å². The fourth-order valence-electron chi connectivity index (χ4n) is 1.67. The molecule has 0 radical (unpaired) electrons. The summed E-state index contributed by atoms with van der Waals surface area (Å²) < 4.78 is 4.73. The van der Waals surface area contributed by atoms with Gasteiger partial charge in [0.1, 0.15) is 10.8 Å². The van der Waals surface area contributed by atoms with Gasteiger partial charge in [0.15, 0.2) is 0 Å². The molecule has 21 heavy (non-hydrogen) atoms. The van der Waals surface area contributed by atoms with E-state index in [9.17, 15) is 9.59 Å². The van der Waals surface area contributed by atoms with Crippen LogP contribution in [0.5, 0.6) is 0 Å². The van der Waals surface area contributed by atoms with Gasteiger partial charge >= 0.3 is 5.97 Å². The predicted octanol–water partition coefficient (Wildman–Crippen LogP) is 4.03. The van der Waals surface area contributed by atoms with Gasteiger partial charge in [-0.1, -0.05) is 23.7 Å². The quantitative estimate of drug-likeness (QED) is 0.673. The predicted molar refractivity (Wildman–Crippen MR) is 85.5 cm³/mol. The van der Waals surface area contributed by atoms with Crippen LogP contribution in [-0.4, -0.2) is 24.9 Å². The van der Waals surface area contributed by atoms with E-state index in [2.05, 4.69) is 5.32 Å². The summed E-state index contributed by atoms with van der Waals surface area (Å²) >= 11 is 12.6. The van der Waals surface area contributed by atoms with Crippen LogP contribution in [0.2, 0.25) is 5.02 Å². The van der Waals surface area contributed by atoms with Crippen molar-refractivity contribution >= 4 is 52.1 Å². The van der Waals surface area contributed by atoms with Crippen LogP contribution in [0.25, 0.3) is 10.4 Å². The minimum absolute atomic E-state index is 0.188. The molecule has 0 fully saturated rings. The molecule has 0 saturated heterocycles. The number of halogens is 2. The number of esters is 1. The maximum Gasteiger partial charge on any atom is 0.350 e. The molecular formula is C14H11Cl2NO3S. The smallest absolute Gasteiger partial charge is 0.350 e. The first-order valence-corrected chi connectivity index (χ1v) is 7.62. The first-order valence-electron chi connectivity index (χ1n) is 5.89. The average molecular weight is 344 g/mol. The second-order valence-corrected chi connectivity index (χ2v) is 5.79. The SMILES string of the molecule is COC(=O)c1sc(-c2ccc(Cl)cc2)cc1NC(=O)CCl. The standard InChI is InChI=1S/C14H11Cl2NO3S/c1-20-14(19)13-10(17-12(18)7-15)6-11(21-13)8-2-4-9(16)5-3-8/h2-6H,7H2,1H3,(H,17,18). The third-order valence-electron chi connectivity index (χ3n) is 2.63. The van der Waals surface area contributed by atoms with Gasteiger partial charge in [-0.15, -0.1) is 22.9 Å². The summed E-state index contributed by atoms with van der Waals surface area (Å²) in [5, 5.41) is 3.21. The van der Waals surface area contributed by atoms with Crippen molar-refractivity contribution in [3.05, 3.63) is 40.2 Å². The minimum Gasteiger partial charge on any atom is -0.465 e. The Labute approximate surface area is 135 Å². The number of alkyl halides is 1. The number of carbonyl (C=O) groups excluding carboxylic acids is 2. The van der Waals surface area contributed by atoms with Gasteiger partial charge in [0.25, 0.3) is 0 Å². The zero-order chi connectivity index (χ0) is 15.4. The highest BCUT2D eigenvalue weighted by atomic mass is 35.5. The maximum absolute atomic E-state index is 11.8. The Balaban J connectivity index is 2.42. The highest BCUT2D eigenvalue weighted by molar-refractivity contribution is 7.18. The monoisotopic (exact) mass is 343 g/mol. The van der Waals surface area contributed by atoms with Crippen LogP contribution in [-0.2, 0) is 9.53 Å². The molecule has 0 unspecified atom stereocenters. The van der Waals surface area contributed by atoms with Gasteiger partial charge in [0.05, 0.1) is 12.8 Å². The third kappa shape index (κ3) is 3.75. The number of benzene rings is 1. The molecule has 0 saturated carbocycles. The summed E-state index contributed by atoms with van der Waals surface area (Å²) in [7, 11) is 1.29. The van der Waals surface area contributed by atoms with Crippen molar-refractivity contribution in [1.29, 1.82) is 0 Å². The molecule has 1 aromatic carbocycles. The minimum atomic E-state index is -0.509. The molecule has 0 aliphatic rings. The number of carbonyl (C=O) groups is 2. The van der Waals surface area contributed by atoms with Crippen LogP contribution < -0.4 is 5.32 Å². The number of anilines is 1. The molecule has 1 heterocycles. The number of rotatable bonds is 4. The van der Waals surface area contributed by atoms with Gasteiger partial charge in [0, 0.05) is 9.90 Å². The van der Waals surface area contributed by atoms with E-state index in [0.29, 0.717) is 15.6 Å². The van der Waals surface area contributed by atoms with E-state index >= 15 is 0 Å². The van der Waals surface area contributed by atoms with Crippen molar-refractivity contribution < 1.29 is 14.3 Å². The normalized spacial score (nSPS) is 10.2. The largest absolute Gasteiger partial charge is 0.465 e. The van der Waals surface area contributed by atoms with Gasteiger partial charge in [0.2, 0.25) is 5.91 Å². The molecule has 0 aliphatic heterocycles. The molecule has 0 spiro atoms. The number of hydrogen-bond donors (Lipinski definition) is 1. The van der Waals surface area contributed by atoms with Crippen LogP contribution >= 0.6 is 34.5 Å². The Morgan fingerprint density at radius 1 is 1.29 bits per heavy atom. The molecule has 4 nitrogen and oxygen atoms in total. The lowest BCUT2D eigenvalue weighted by atomic mass is 10.2. The van der Waals surface area contributed by atoms with Gasteiger partial charge in [-0.3, -0.25) is 4.79 Å². The van der Waals surface area contributed by atoms with Crippen molar-refractivity contribution in [3.8, 4) is 10.4 Å². The van der Waals surface area contributed by atoms with Gasteiger partial charge in [-0.25, -0.2) is 4.79 Å².